The lowest BCUT2D eigenvalue weighted by atomic mass is 10.2. The molecule has 1 aromatic rings. The molecule has 0 aromatic heterocycles. The summed E-state index contributed by atoms with van der Waals surface area (Å²) >= 11 is 7.80. The Balaban J connectivity index is 2.34. The molecule has 0 saturated carbocycles. The van der Waals surface area contributed by atoms with Gasteiger partial charge in [-0.2, -0.15) is 11.8 Å². The van der Waals surface area contributed by atoms with Crippen molar-refractivity contribution in [1.29, 1.82) is 0 Å². The summed E-state index contributed by atoms with van der Waals surface area (Å²) in [5, 5.41) is 3.29. The van der Waals surface area contributed by atoms with Crippen LogP contribution < -0.4 is 11.1 Å². The molecule has 3 nitrogen and oxygen atoms in total. The van der Waals surface area contributed by atoms with Gasteiger partial charge in [0.2, 0.25) is 0 Å². The zero-order valence-corrected chi connectivity index (χ0v) is 12.1. The lowest BCUT2D eigenvalue weighted by Crippen LogP contribution is -2.24. The van der Waals surface area contributed by atoms with Crippen molar-refractivity contribution in [3.63, 3.8) is 0 Å². The van der Waals surface area contributed by atoms with Gasteiger partial charge in [0, 0.05) is 12.2 Å². The number of nitrogens with two attached hydrogens (primary N) is 1. The molecule has 1 amide bonds. The van der Waals surface area contributed by atoms with Gasteiger partial charge in [0.05, 0.1) is 10.6 Å². The summed E-state index contributed by atoms with van der Waals surface area (Å²) < 4.78 is 0. The molecule has 1 rings (SSSR count). The molecule has 18 heavy (non-hydrogen) atoms. The Kier molecular flexibility index (Phi) is 6.98. The number of hydrogen-bond donors (Lipinski definition) is 2. The summed E-state index contributed by atoms with van der Waals surface area (Å²) in [6.45, 7) is 0.679. The number of rotatable bonds is 7. The normalized spacial score (nSPS) is 10.3. The van der Waals surface area contributed by atoms with E-state index in [1.54, 1.807) is 18.2 Å². The van der Waals surface area contributed by atoms with Gasteiger partial charge in [0.1, 0.15) is 0 Å². The lowest BCUT2D eigenvalue weighted by molar-refractivity contribution is 0.0953. The van der Waals surface area contributed by atoms with Crippen molar-refractivity contribution in [2.24, 2.45) is 0 Å². The van der Waals surface area contributed by atoms with Gasteiger partial charge >= 0.3 is 0 Å². The highest BCUT2D eigenvalue weighted by molar-refractivity contribution is 7.98. The number of hydrogen-bond acceptors (Lipinski definition) is 3. The second kappa shape index (κ2) is 8.27. The predicted molar refractivity (Wildman–Crippen MR) is 80.4 cm³/mol. The lowest BCUT2D eigenvalue weighted by Gasteiger charge is -2.07. The Bertz CT molecular complexity index is 399. The van der Waals surface area contributed by atoms with Crippen molar-refractivity contribution in [3.8, 4) is 0 Å². The molecular weight excluding hydrogens is 268 g/mol. The van der Waals surface area contributed by atoms with Gasteiger partial charge < -0.3 is 11.1 Å². The minimum Gasteiger partial charge on any atom is -0.399 e. The largest absolute Gasteiger partial charge is 0.399 e. The Morgan fingerprint density at radius 2 is 2.17 bits per heavy atom. The van der Waals surface area contributed by atoms with Crippen LogP contribution in [0.5, 0.6) is 0 Å². The molecule has 1 aromatic carbocycles. The van der Waals surface area contributed by atoms with E-state index in [4.69, 9.17) is 17.3 Å². The molecule has 0 saturated heterocycles. The fourth-order valence-electron chi connectivity index (χ4n) is 1.56. The molecule has 0 spiro atoms. The smallest absolute Gasteiger partial charge is 0.252 e. The third-order valence-electron chi connectivity index (χ3n) is 2.55. The number of nitrogen functional groups attached to an aromatic ring is 1. The third kappa shape index (κ3) is 5.19. The second-order valence-corrected chi connectivity index (χ2v) is 5.44. The number of carbonyl (C=O) groups excluding carboxylic acids is 1. The fourth-order valence-corrected chi connectivity index (χ4v) is 2.26. The minimum atomic E-state index is -0.155. The summed E-state index contributed by atoms with van der Waals surface area (Å²) in [4.78, 5) is 11.9. The average Bonchev–Trinajstić information content (AvgIpc) is 2.36. The molecule has 0 unspecified atom stereocenters. The monoisotopic (exact) mass is 286 g/mol. The summed E-state index contributed by atoms with van der Waals surface area (Å²) in [6.07, 6.45) is 5.41. The van der Waals surface area contributed by atoms with Gasteiger partial charge in [0.25, 0.3) is 5.91 Å². The second-order valence-electron chi connectivity index (χ2n) is 4.05. The standard InChI is InChI=1S/C13H19ClN2OS/c1-18-8-4-2-3-7-16-13(17)11-9-10(15)5-6-12(11)14/h5-6,9H,2-4,7-8,15H2,1H3,(H,16,17). The number of nitrogens with one attached hydrogen (secondary N) is 1. The highest BCUT2D eigenvalue weighted by Gasteiger charge is 2.09. The number of anilines is 1. The molecule has 100 valence electrons. The first-order valence-corrected chi connectivity index (χ1v) is 7.74. The van der Waals surface area contributed by atoms with E-state index in [2.05, 4.69) is 11.6 Å². The van der Waals surface area contributed by atoms with Gasteiger partial charge in [-0.25, -0.2) is 0 Å². The number of halogens is 1. The number of unbranched alkanes of at least 4 members (excludes halogenated alkanes) is 2. The molecule has 0 aliphatic carbocycles. The molecule has 0 fully saturated rings. The van der Waals surface area contributed by atoms with Crippen LogP contribution in [0, 0.1) is 0 Å². The van der Waals surface area contributed by atoms with Crippen LogP contribution in [0.3, 0.4) is 0 Å². The first-order chi connectivity index (χ1) is 8.65. The van der Waals surface area contributed by atoms with E-state index in [-0.39, 0.29) is 5.91 Å². The van der Waals surface area contributed by atoms with Crippen molar-refractivity contribution < 1.29 is 4.79 Å². The molecule has 0 aliphatic rings. The van der Waals surface area contributed by atoms with Crippen molar-refractivity contribution in [2.75, 3.05) is 24.3 Å². The molecule has 0 bridgehead atoms. The quantitative estimate of drug-likeness (QED) is 0.598. The van der Waals surface area contributed by atoms with Gasteiger partial charge in [-0.1, -0.05) is 18.0 Å². The highest BCUT2D eigenvalue weighted by Crippen LogP contribution is 2.18. The zero-order chi connectivity index (χ0) is 13.4. The minimum absolute atomic E-state index is 0.155. The van der Waals surface area contributed by atoms with E-state index in [0.29, 0.717) is 22.8 Å². The predicted octanol–water partition coefficient (Wildman–Crippen LogP) is 3.19. The third-order valence-corrected chi connectivity index (χ3v) is 3.57. The number of benzene rings is 1. The average molecular weight is 287 g/mol. The van der Waals surface area contributed by atoms with Crippen molar-refractivity contribution >= 4 is 35.0 Å². The van der Waals surface area contributed by atoms with Crippen LogP contribution in [0.25, 0.3) is 0 Å². The Labute approximate surface area is 117 Å². The van der Waals surface area contributed by atoms with Gasteiger partial charge in [-0.05, 0) is 43.0 Å². The van der Waals surface area contributed by atoms with Crippen molar-refractivity contribution in [2.45, 2.75) is 19.3 Å². The summed E-state index contributed by atoms with van der Waals surface area (Å²) in [6, 6.07) is 4.93. The van der Waals surface area contributed by atoms with Crippen LogP contribution in [-0.4, -0.2) is 24.5 Å². The van der Waals surface area contributed by atoms with Crippen LogP contribution in [0.4, 0.5) is 5.69 Å². The Morgan fingerprint density at radius 3 is 2.89 bits per heavy atom. The Hall–Kier alpha value is -0.870. The first kappa shape index (κ1) is 15.2. The van der Waals surface area contributed by atoms with E-state index < -0.39 is 0 Å². The van der Waals surface area contributed by atoms with Crippen LogP contribution >= 0.6 is 23.4 Å². The SMILES string of the molecule is CSCCCCCNC(=O)c1cc(N)ccc1Cl. The number of thioether (sulfide) groups is 1. The maximum Gasteiger partial charge on any atom is 0.252 e. The van der Waals surface area contributed by atoms with Gasteiger partial charge in [0.15, 0.2) is 0 Å². The molecule has 3 N–H and O–H groups in total. The molecule has 5 heteroatoms. The maximum absolute atomic E-state index is 11.9. The maximum atomic E-state index is 11.9. The summed E-state index contributed by atoms with van der Waals surface area (Å²) in [5.74, 6) is 1.02. The van der Waals surface area contributed by atoms with Crippen LogP contribution in [-0.2, 0) is 0 Å². The zero-order valence-electron chi connectivity index (χ0n) is 10.5. The number of amides is 1. The summed E-state index contributed by atoms with van der Waals surface area (Å²) in [7, 11) is 0. The number of carbonyl (C=O) groups is 1. The first-order valence-electron chi connectivity index (χ1n) is 5.97. The van der Waals surface area contributed by atoms with E-state index in [1.807, 2.05) is 11.8 Å². The fraction of sp³-hybridized carbons (Fsp3) is 0.462. The molecule has 0 aliphatic heterocycles. The van der Waals surface area contributed by atoms with Crippen LogP contribution in [0.2, 0.25) is 5.02 Å². The molecule has 0 atom stereocenters. The highest BCUT2D eigenvalue weighted by atomic mass is 35.5. The van der Waals surface area contributed by atoms with E-state index in [9.17, 15) is 4.79 Å². The van der Waals surface area contributed by atoms with Gasteiger partial charge in [-0.15, -0.1) is 0 Å². The van der Waals surface area contributed by atoms with E-state index in [0.717, 1.165) is 12.8 Å². The topological polar surface area (TPSA) is 55.1 Å². The van der Waals surface area contributed by atoms with Crippen LogP contribution in [0.1, 0.15) is 29.6 Å². The van der Waals surface area contributed by atoms with E-state index in [1.165, 1.54) is 12.2 Å². The van der Waals surface area contributed by atoms with E-state index >= 15 is 0 Å². The molecule has 0 heterocycles. The van der Waals surface area contributed by atoms with Crippen molar-refractivity contribution in [3.05, 3.63) is 28.8 Å². The van der Waals surface area contributed by atoms with Crippen LogP contribution in [0.15, 0.2) is 18.2 Å². The van der Waals surface area contributed by atoms with Crippen molar-refractivity contribution in [1.82, 2.24) is 5.32 Å². The molecular formula is C13H19ClN2OS. The Morgan fingerprint density at radius 1 is 1.39 bits per heavy atom. The molecule has 0 radical (unpaired) electrons. The van der Waals surface area contributed by atoms with Gasteiger partial charge in [-0.3, -0.25) is 4.79 Å². The summed E-state index contributed by atoms with van der Waals surface area (Å²) in [5.41, 5.74) is 6.63.